The minimum absolute atomic E-state index is 0.725. The molecular weight excluding hydrogens is 399 g/mol. The minimum Gasteiger partial charge on any atom is -0.243 e. The number of rotatable bonds is 2. The van der Waals surface area contributed by atoms with Crippen molar-refractivity contribution >= 4 is 56.5 Å². The van der Waals surface area contributed by atoms with Crippen LogP contribution < -0.4 is 0 Å². The van der Waals surface area contributed by atoms with Crippen LogP contribution in [0.4, 0.5) is 5.00 Å². The van der Waals surface area contributed by atoms with Gasteiger partial charge in [0.2, 0.25) is 0 Å². The van der Waals surface area contributed by atoms with Crippen LogP contribution in [0.15, 0.2) is 17.1 Å². The largest absolute Gasteiger partial charge is 0.243 e. The van der Waals surface area contributed by atoms with E-state index in [9.17, 15) is 5.26 Å². The predicted molar refractivity (Wildman–Crippen MR) is 94.5 cm³/mol. The maximum atomic E-state index is 9.41. The predicted octanol–water partition coefficient (Wildman–Crippen LogP) is 5.16. The standard InChI is InChI=1S/C15H13IN2S2/c1-9-2-4-11-12(7-17)15(20-13(11)6-9)18-8-10-3-5-14(16)19-10/h3,5,8-9H,2,4,6H2,1H3. The normalized spacial score (nSPS) is 18.1. The van der Waals surface area contributed by atoms with Crippen molar-refractivity contribution in [2.24, 2.45) is 10.9 Å². The molecule has 102 valence electrons. The quantitative estimate of drug-likeness (QED) is 0.496. The van der Waals surface area contributed by atoms with Crippen LogP contribution in [0.5, 0.6) is 0 Å². The van der Waals surface area contributed by atoms with E-state index in [2.05, 4.69) is 52.7 Å². The molecule has 1 aliphatic rings. The zero-order chi connectivity index (χ0) is 14.1. The molecule has 2 aromatic rings. The van der Waals surface area contributed by atoms with Crippen LogP contribution in [-0.4, -0.2) is 6.21 Å². The molecule has 3 rings (SSSR count). The van der Waals surface area contributed by atoms with Gasteiger partial charge in [0, 0.05) is 16.0 Å². The second-order valence-corrected chi connectivity index (χ2v) is 9.14. The first-order valence-electron chi connectivity index (χ1n) is 6.51. The van der Waals surface area contributed by atoms with Crippen LogP contribution in [0, 0.1) is 20.1 Å². The van der Waals surface area contributed by atoms with Crippen LogP contribution >= 0.6 is 45.3 Å². The zero-order valence-electron chi connectivity index (χ0n) is 11.0. The van der Waals surface area contributed by atoms with E-state index in [-0.39, 0.29) is 0 Å². The fourth-order valence-electron chi connectivity index (χ4n) is 2.46. The van der Waals surface area contributed by atoms with Crippen molar-refractivity contribution in [3.63, 3.8) is 0 Å². The molecule has 1 atom stereocenters. The van der Waals surface area contributed by atoms with E-state index >= 15 is 0 Å². The molecule has 5 heteroatoms. The van der Waals surface area contributed by atoms with Crippen molar-refractivity contribution in [3.8, 4) is 6.07 Å². The van der Waals surface area contributed by atoms with Crippen molar-refractivity contribution in [1.29, 1.82) is 5.26 Å². The molecule has 0 amide bonds. The van der Waals surface area contributed by atoms with Crippen LogP contribution in [-0.2, 0) is 12.8 Å². The van der Waals surface area contributed by atoms with Crippen molar-refractivity contribution < 1.29 is 0 Å². The van der Waals surface area contributed by atoms with Crippen molar-refractivity contribution in [2.75, 3.05) is 0 Å². The summed E-state index contributed by atoms with van der Waals surface area (Å²) in [6, 6.07) is 6.51. The number of fused-ring (bicyclic) bond motifs is 1. The van der Waals surface area contributed by atoms with Gasteiger partial charge in [-0.25, -0.2) is 4.99 Å². The molecule has 2 heterocycles. The van der Waals surface area contributed by atoms with Gasteiger partial charge in [-0.05, 0) is 65.5 Å². The number of aliphatic imine (C=N–C) groups is 1. The highest BCUT2D eigenvalue weighted by Crippen LogP contribution is 2.40. The van der Waals surface area contributed by atoms with Gasteiger partial charge in [-0.15, -0.1) is 22.7 Å². The third kappa shape index (κ3) is 2.83. The lowest BCUT2D eigenvalue weighted by Gasteiger charge is -2.17. The average molecular weight is 412 g/mol. The maximum absolute atomic E-state index is 9.41. The zero-order valence-corrected chi connectivity index (χ0v) is 14.8. The van der Waals surface area contributed by atoms with E-state index in [1.807, 2.05) is 6.21 Å². The first-order chi connectivity index (χ1) is 9.67. The second-order valence-electron chi connectivity index (χ2n) is 5.04. The summed E-state index contributed by atoms with van der Waals surface area (Å²) in [5, 5.41) is 10.3. The van der Waals surface area contributed by atoms with E-state index in [4.69, 9.17) is 0 Å². The molecule has 0 spiro atoms. The first kappa shape index (κ1) is 14.2. The Hall–Kier alpha value is -0.710. The molecule has 0 aromatic carbocycles. The van der Waals surface area contributed by atoms with Gasteiger partial charge in [0.25, 0.3) is 0 Å². The van der Waals surface area contributed by atoms with Crippen LogP contribution in [0.2, 0.25) is 0 Å². The van der Waals surface area contributed by atoms with Gasteiger partial charge in [-0.1, -0.05) is 6.92 Å². The molecule has 0 radical (unpaired) electrons. The molecule has 2 nitrogen and oxygen atoms in total. The third-order valence-electron chi connectivity index (χ3n) is 3.51. The van der Waals surface area contributed by atoms with Gasteiger partial charge >= 0.3 is 0 Å². The summed E-state index contributed by atoms with van der Waals surface area (Å²) < 4.78 is 1.25. The lowest BCUT2D eigenvalue weighted by atomic mass is 9.89. The topological polar surface area (TPSA) is 36.1 Å². The number of hydrogen-bond donors (Lipinski definition) is 0. The fraction of sp³-hybridized carbons (Fsp3) is 0.333. The van der Waals surface area contributed by atoms with Gasteiger partial charge < -0.3 is 0 Å². The molecule has 1 unspecified atom stereocenters. The van der Waals surface area contributed by atoms with Crippen molar-refractivity contribution in [1.82, 2.24) is 0 Å². The van der Waals surface area contributed by atoms with E-state index in [1.54, 1.807) is 22.7 Å². The maximum Gasteiger partial charge on any atom is 0.134 e. The van der Waals surface area contributed by atoms with Crippen molar-refractivity contribution in [3.05, 3.63) is 35.9 Å². The van der Waals surface area contributed by atoms with Gasteiger partial charge in [0.1, 0.15) is 11.1 Å². The van der Waals surface area contributed by atoms with Gasteiger partial charge in [0.05, 0.1) is 8.45 Å². The second kappa shape index (κ2) is 5.96. The molecule has 0 saturated heterocycles. The summed E-state index contributed by atoms with van der Waals surface area (Å²) in [6.07, 6.45) is 5.20. The molecule has 0 fully saturated rings. The highest BCUT2D eigenvalue weighted by molar-refractivity contribution is 14.1. The Bertz CT molecular complexity index is 706. The van der Waals surface area contributed by atoms with Crippen LogP contribution in [0.1, 0.15) is 34.2 Å². The Labute approximate surface area is 140 Å². The Morgan fingerprint density at radius 2 is 2.30 bits per heavy atom. The summed E-state index contributed by atoms with van der Waals surface area (Å²) in [6.45, 7) is 2.28. The Morgan fingerprint density at radius 1 is 1.45 bits per heavy atom. The van der Waals surface area contributed by atoms with Gasteiger partial charge in [0.15, 0.2) is 0 Å². The third-order valence-corrected chi connectivity index (χ3v) is 6.50. The average Bonchev–Trinajstić information content (AvgIpc) is 2.98. The Morgan fingerprint density at radius 3 is 3.00 bits per heavy atom. The van der Waals surface area contributed by atoms with E-state index in [0.29, 0.717) is 0 Å². The minimum atomic E-state index is 0.725. The summed E-state index contributed by atoms with van der Waals surface area (Å²) >= 11 is 5.72. The molecule has 0 saturated carbocycles. The molecule has 0 aliphatic heterocycles. The molecule has 2 aromatic heterocycles. The molecule has 0 bridgehead atoms. The number of nitriles is 1. The van der Waals surface area contributed by atoms with Crippen LogP contribution in [0.3, 0.4) is 0 Å². The smallest absolute Gasteiger partial charge is 0.134 e. The lowest BCUT2D eigenvalue weighted by molar-refractivity contribution is 0.507. The van der Waals surface area contributed by atoms with E-state index in [0.717, 1.165) is 34.2 Å². The SMILES string of the molecule is CC1CCc2c(sc(N=Cc3ccc(I)s3)c2C#N)C1. The van der Waals surface area contributed by atoms with Gasteiger partial charge in [-0.3, -0.25) is 0 Å². The molecule has 20 heavy (non-hydrogen) atoms. The Balaban J connectivity index is 1.94. The lowest BCUT2D eigenvalue weighted by Crippen LogP contribution is -2.09. The summed E-state index contributed by atoms with van der Waals surface area (Å²) in [5.41, 5.74) is 2.06. The highest BCUT2D eigenvalue weighted by Gasteiger charge is 2.23. The summed E-state index contributed by atoms with van der Waals surface area (Å²) in [4.78, 5) is 7.07. The molecular formula is C15H13IN2S2. The fourth-order valence-corrected chi connectivity index (χ4v) is 5.31. The Kier molecular flexibility index (Phi) is 4.24. The monoisotopic (exact) mass is 412 g/mol. The van der Waals surface area contributed by atoms with Crippen LogP contribution in [0.25, 0.3) is 0 Å². The van der Waals surface area contributed by atoms with Crippen molar-refractivity contribution in [2.45, 2.75) is 26.2 Å². The number of halogens is 1. The summed E-state index contributed by atoms with van der Waals surface area (Å²) in [5.74, 6) is 0.725. The number of nitrogens with zero attached hydrogens (tertiary/aromatic N) is 2. The van der Waals surface area contributed by atoms with E-state index < -0.39 is 0 Å². The molecule has 0 N–H and O–H groups in total. The first-order valence-corrected chi connectivity index (χ1v) is 9.22. The number of thiophene rings is 2. The summed E-state index contributed by atoms with van der Waals surface area (Å²) in [7, 11) is 0. The van der Waals surface area contributed by atoms with E-state index in [1.165, 1.54) is 19.7 Å². The van der Waals surface area contributed by atoms with Gasteiger partial charge in [-0.2, -0.15) is 5.26 Å². The highest BCUT2D eigenvalue weighted by atomic mass is 127. The molecule has 1 aliphatic carbocycles. The number of hydrogen-bond acceptors (Lipinski definition) is 4.